The number of nitrogens with zero attached hydrogens (tertiary/aromatic N) is 1. The SMILES string of the molecule is C#CCSCCNC(=O)c1cc(Br)cn1C(C)C. The molecule has 0 radical (unpaired) electrons. The van der Waals surface area contributed by atoms with E-state index in [1.807, 2.05) is 30.7 Å². The van der Waals surface area contributed by atoms with Gasteiger partial charge < -0.3 is 9.88 Å². The van der Waals surface area contributed by atoms with Crippen LogP contribution in [0.25, 0.3) is 0 Å². The van der Waals surface area contributed by atoms with Gasteiger partial charge in [0.15, 0.2) is 0 Å². The number of hydrogen-bond donors (Lipinski definition) is 1. The van der Waals surface area contributed by atoms with Gasteiger partial charge in [0.2, 0.25) is 0 Å². The number of nitrogens with one attached hydrogen (secondary N) is 1. The lowest BCUT2D eigenvalue weighted by atomic mass is 10.3. The molecule has 98 valence electrons. The Bertz CT molecular complexity index is 448. The Balaban J connectivity index is 2.54. The van der Waals surface area contributed by atoms with Gasteiger partial charge in [-0.25, -0.2) is 0 Å². The van der Waals surface area contributed by atoms with Crippen LogP contribution in [-0.4, -0.2) is 28.5 Å². The predicted molar refractivity (Wildman–Crippen MR) is 81.0 cm³/mol. The molecule has 1 N–H and O–H groups in total. The number of amides is 1. The van der Waals surface area contributed by atoms with Crippen molar-refractivity contribution in [2.24, 2.45) is 0 Å². The number of carbonyl (C=O) groups is 1. The van der Waals surface area contributed by atoms with Gasteiger partial charge in [0.1, 0.15) is 5.69 Å². The highest BCUT2D eigenvalue weighted by atomic mass is 79.9. The standard InChI is InChI=1S/C13H17BrN2OS/c1-4-6-18-7-5-15-13(17)12-8-11(14)9-16(12)10(2)3/h1,8-10H,5-7H2,2-3H3,(H,15,17). The Morgan fingerprint density at radius 3 is 3.00 bits per heavy atom. The van der Waals surface area contributed by atoms with Crippen molar-refractivity contribution < 1.29 is 4.79 Å². The summed E-state index contributed by atoms with van der Waals surface area (Å²) >= 11 is 5.03. The Morgan fingerprint density at radius 1 is 1.67 bits per heavy atom. The van der Waals surface area contributed by atoms with Gasteiger partial charge in [0.25, 0.3) is 5.91 Å². The minimum absolute atomic E-state index is 0.0456. The van der Waals surface area contributed by atoms with E-state index in [-0.39, 0.29) is 11.9 Å². The molecule has 0 atom stereocenters. The summed E-state index contributed by atoms with van der Waals surface area (Å²) in [7, 11) is 0. The minimum atomic E-state index is -0.0456. The average Bonchev–Trinajstić information content (AvgIpc) is 2.71. The number of rotatable bonds is 6. The first-order valence-corrected chi connectivity index (χ1v) is 7.67. The maximum Gasteiger partial charge on any atom is 0.267 e. The van der Waals surface area contributed by atoms with Gasteiger partial charge in [-0.2, -0.15) is 0 Å². The van der Waals surface area contributed by atoms with Crippen LogP contribution in [0.1, 0.15) is 30.4 Å². The topological polar surface area (TPSA) is 34.0 Å². The summed E-state index contributed by atoms with van der Waals surface area (Å²) in [6.07, 6.45) is 7.07. The molecule has 0 aliphatic rings. The van der Waals surface area contributed by atoms with Gasteiger partial charge in [-0.3, -0.25) is 4.79 Å². The zero-order chi connectivity index (χ0) is 13.5. The van der Waals surface area contributed by atoms with E-state index < -0.39 is 0 Å². The molecular formula is C13H17BrN2OS. The third-order valence-corrected chi connectivity index (χ3v) is 3.62. The summed E-state index contributed by atoms with van der Waals surface area (Å²) in [6.45, 7) is 4.73. The molecule has 0 saturated carbocycles. The Kier molecular flexibility index (Phi) is 6.37. The van der Waals surface area contributed by atoms with Crippen LogP contribution in [0, 0.1) is 12.3 Å². The Hall–Kier alpha value is -0.860. The first-order chi connectivity index (χ1) is 8.56. The largest absolute Gasteiger partial charge is 0.350 e. The van der Waals surface area contributed by atoms with Crippen molar-refractivity contribution in [3.63, 3.8) is 0 Å². The molecule has 0 aliphatic carbocycles. The molecule has 0 saturated heterocycles. The molecule has 18 heavy (non-hydrogen) atoms. The normalized spacial score (nSPS) is 10.4. The fourth-order valence-electron chi connectivity index (χ4n) is 1.51. The quantitative estimate of drug-likeness (QED) is 0.643. The number of halogens is 1. The average molecular weight is 329 g/mol. The minimum Gasteiger partial charge on any atom is -0.350 e. The van der Waals surface area contributed by atoms with Crippen molar-refractivity contribution in [3.8, 4) is 12.3 Å². The van der Waals surface area contributed by atoms with Crippen LogP contribution >= 0.6 is 27.7 Å². The lowest BCUT2D eigenvalue weighted by molar-refractivity contribution is 0.0945. The number of aromatic nitrogens is 1. The summed E-state index contributed by atoms with van der Waals surface area (Å²) in [5.74, 6) is 4.03. The number of hydrogen-bond acceptors (Lipinski definition) is 2. The fraction of sp³-hybridized carbons (Fsp3) is 0.462. The third-order valence-electron chi connectivity index (χ3n) is 2.32. The molecule has 0 aromatic carbocycles. The second-order valence-electron chi connectivity index (χ2n) is 4.06. The molecule has 0 unspecified atom stereocenters. The van der Waals surface area contributed by atoms with Crippen molar-refractivity contribution in [1.82, 2.24) is 9.88 Å². The van der Waals surface area contributed by atoms with Crippen molar-refractivity contribution in [1.29, 1.82) is 0 Å². The smallest absolute Gasteiger partial charge is 0.267 e. The molecule has 0 fully saturated rings. The molecule has 1 heterocycles. The molecule has 5 heteroatoms. The Morgan fingerprint density at radius 2 is 2.39 bits per heavy atom. The van der Waals surface area contributed by atoms with Crippen molar-refractivity contribution in [3.05, 3.63) is 22.4 Å². The third kappa shape index (κ3) is 4.43. The van der Waals surface area contributed by atoms with Crippen LogP contribution in [0.3, 0.4) is 0 Å². The van der Waals surface area contributed by atoms with Crippen molar-refractivity contribution in [2.45, 2.75) is 19.9 Å². The maximum atomic E-state index is 12.0. The van der Waals surface area contributed by atoms with Gasteiger partial charge in [0, 0.05) is 29.0 Å². The van der Waals surface area contributed by atoms with Crippen molar-refractivity contribution >= 4 is 33.6 Å². The second kappa shape index (κ2) is 7.55. The van der Waals surface area contributed by atoms with Crippen LogP contribution < -0.4 is 5.32 Å². The molecule has 0 bridgehead atoms. The summed E-state index contributed by atoms with van der Waals surface area (Å²) in [5.41, 5.74) is 0.679. The summed E-state index contributed by atoms with van der Waals surface area (Å²) in [4.78, 5) is 12.0. The zero-order valence-electron chi connectivity index (χ0n) is 10.6. The van der Waals surface area contributed by atoms with Crippen LogP contribution in [0.2, 0.25) is 0 Å². The molecule has 0 spiro atoms. The Labute approximate surface area is 121 Å². The van der Waals surface area contributed by atoms with E-state index in [1.165, 1.54) is 0 Å². The first kappa shape index (κ1) is 15.2. The van der Waals surface area contributed by atoms with E-state index in [0.717, 1.165) is 10.2 Å². The highest BCUT2D eigenvalue weighted by Crippen LogP contribution is 2.19. The van der Waals surface area contributed by atoms with E-state index in [1.54, 1.807) is 11.8 Å². The van der Waals surface area contributed by atoms with Crippen LogP contribution in [-0.2, 0) is 0 Å². The molecular weight excluding hydrogens is 312 g/mol. The van der Waals surface area contributed by atoms with Crippen LogP contribution in [0.4, 0.5) is 0 Å². The monoisotopic (exact) mass is 328 g/mol. The summed E-state index contributed by atoms with van der Waals surface area (Å²) in [5, 5.41) is 2.90. The van der Waals surface area contributed by atoms with Crippen LogP contribution in [0.5, 0.6) is 0 Å². The van der Waals surface area contributed by atoms with Gasteiger partial charge in [-0.05, 0) is 35.8 Å². The predicted octanol–water partition coefficient (Wildman–Crippen LogP) is 2.93. The van der Waals surface area contributed by atoms with E-state index in [2.05, 4.69) is 27.2 Å². The number of terminal acetylenes is 1. The highest BCUT2D eigenvalue weighted by Gasteiger charge is 2.14. The molecule has 1 aromatic rings. The van der Waals surface area contributed by atoms with E-state index in [0.29, 0.717) is 18.0 Å². The van der Waals surface area contributed by atoms with Gasteiger partial charge >= 0.3 is 0 Å². The molecule has 3 nitrogen and oxygen atoms in total. The molecule has 1 aromatic heterocycles. The van der Waals surface area contributed by atoms with Crippen molar-refractivity contribution in [2.75, 3.05) is 18.1 Å². The number of carbonyl (C=O) groups excluding carboxylic acids is 1. The molecule has 0 aliphatic heterocycles. The lowest BCUT2D eigenvalue weighted by Crippen LogP contribution is -2.28. The highest BCUT2D eigenvalue weighted by molar-refractivity contribution is 9.10. The van der Waals surface area contributed by atoms with Gasteiger partial charge in [-0.1, -0.05) is 5.92 Å². The summed E-state index contributed by atoms with van der Waals surface area (Å²) in [6, 6.07) is 2.09. The van der Waals surface area contributed by atoms with Crippen LogP contribution in [0.15, 0.2) is 16.7 Å². The molecule has 1 rings (SSSR count). The summed E-state index contributed by atoms with van der Waals surface area (Å²) < 4.78 is 2.87. The first-order valence-electron chi connectivity index (χ1n) is 5.73. The van der Waals surface area contributed by atoms with E-state index in [4.69, 9.17) is 6.42 Å². The molecule has 1 amide bonds. The number of thioether (sulfide) groups is 1. The second-order valence-corrected chi connectivity index (χ2v) is 6.08. The van der Waals surface area contributed by atoms with E-state index >= 15 is 0 Å². The lowest BCUT2D eigenvalue weighted by Gasteiger charge is -2.12. The fourth-order valence-corrected chi connectivity index (χ4v) is 2.46. The zero-order valence-corrected chi connectivity index (χ0v) is 13.0. The van der Waals surface area contributed by atoms with Gasteiger partial charge in [-0.15, -0.1) is 18.2 Å². The van der Waals surface area contributed by atoms with E-state index in [9.17, 15) is 4.79 Å². The van der Waals surface area contributed by atoms with Gasteiger partial charge in [0.05, 0.1) is 5.75 Å². The maximum absolute atomic E-state index is 12.0.